The van der Waals surface area contributed by atoms with Gasteiger partial charge in [-0.25, -0.2) is 4.79 Å². The highest BCUT2D eigenvalue weighted by Gasteiger charge is 2.58. The molecular weight excluding hydrogens is 671 g/mol. The SMILES string of the molecule is COc1ccc(C(OC[C@@]2(C[N+](=O)[O-])O[C@@H](n3cc(C)c(=O)[nH]c3=O)CC2O[Si](C)(C)C(C)(C)C)(c2ccccc2)c2ccc(OC)cc2)cc1. The summed E-state index contributed by atoms with van der Waals surface area (Å²) in [5.74, 6) is 1.29. The second-order valence-electron chi connectivity index (χ2n) is 14.5. The number of aromatic amines is 1. The van der Waals surface area contributed by atoms with E-state index in [1.807, 2.05) is 78.9 Å². The number of aryl methyl sites for hydroxylation is 1. The van der Waals surface area contributed by atoms with Gasteiger partial charge in [0.15, 0.2) is 13.9 Å². The number of nitrogens with zero attached hydrogens (tertiary/aromatic N) is 2. The van der Waals surface area contributed by atoms with Crippen LogP contribution in [0.2, 0.25) is 18.1 Å². The van der Waals surface area contributed by atoms with Crippen molar-refractivity contribution in [3.63, 3.8) is 0 Å². The van der Waals surface area contributed by atoms with Crippen LogP contribution in [0.1, 0.15) is 55.7 Å². The molecule has 5 rings (SSSR count). The lowest BCUT2D eigenvalue weighted by Gasteiger charge is -2.43. The van der Waals surface area contributed by atoms with Crippen molar-refractivity contribution in [1.29, 1.82) is 0 Å². The Morgan fingerprint density at radius 1 is 0.922 bits per heavy atom. The summed E-state index contributed by atoms with van der Waals surface area (Å²) >= 11 is 0. The number of methoxy groups -OCH3 is 2. The van der Waals surface area contributed by atoms with Gasteiger partial charge in [0.2, 0.25) is 6.54 Å². The van der Waals surface area contributed by atoms with E-state index in [0.29, 0.717) is 17.1 Å². The van der Waals surface area contributed by atoms with Crippen LogP contribution in [0, 0.1) is 17.0 Å². The highest BCUT2D eigenvalue weighted by atomic mass is 28.4. The molecule has 2 heterocycles. The monoisotopic (exact) mass is 717 g/mol. The van der Waals surface area contributed by atoms with E-state index in [9.17, 15) is 19.7 Å². The third-order valence-corrected chi connectivity index (χ3v) is 14.7. The Hall–Kier alpha value is -4.56. The molecule has 13 heteroatoms. The first-order valence-electron chi connectivity index (χ1n) is 16.8. The minimum Gasteiger partial charge on any atom is -0.497 e. The number of ether oxygens (including phenoxy) is 4. The van der Waals surface area contributed by atoms with Crippen LogP contribution >= 0.6 is 0 Å². The van der Waals surface area contributed by atoms with Crippen molar-refractivity contribution >= 4 is 8.32 Å². The molecule has 272 valence electrons. The summed E-state index contributed by atoms with van der Waals surface area (Å²) in [7, 11) is 0.587. The van der Waals surface area contributed by atoms with Crippen molar-refractivity contribution in [2.45, 2.75) is 75.8 Å². The number of nitro groups is 1. The third kappa shape index (κ3) is 7.57. The van der Waals surface area contributed by atoms with Crippen LogP contribution in [0.4, 0.5) is 0 Å². The minimum absolute atomic E-state index is 0.110. The summed E-state index contributed by atoms with van der Waals surface area (Å²) in [4.78, 5) is 40.0. The molecule has 1 unspecified atom stereocenters. The topological polar surface area (TPSA) is 144 Å². The molecule has 12 nitrogen and oxygen atoms in total. The van der Waals surface area contributed by atoms with E-state index in [-0.39, 0.29) is 18.1 Å². The average Bonchev–Trinajstić information content (AvgIpc) is 3.42. The van der Waals surface area contributed by atoms with Crippen molar-refractivity contribution in [2.75, 3.05) is 27.4 Å². The average molecular weight is 718 g/mol. The Kier molecular flexibility index (Phi) is 10.8. The lowest BCUT2D eigenvalue weighted by atomic mass is 9.79. The first kappa shape index (κ1) is 37.7. The van der Waals surface area contributed by atoms with E-state index in [1.54, 1.807) is 21.1 Å². The van der Waals surface area contributed by atoms with Crippen molar-refractivity contribution < 1.29 is 28.3 Å². The van der Waals surface area contributed by atoms with Gasteiger partial charge >= 0.3 is 5.69 Å². The maximum atomic E-state index is 13.2. The van der Waals surface area contributed by atoms with Gasteiger partial charge in [-0.1, -0.05) is 75.4 Å². The van der Waals surface area contributed by atoms with Gasteiger partial charge in [0, 0.05) is 23.1 Å². The molecule has 0 spiro atoms. The normalized spacial score (nSPS) is 19.5. The summed E-state index contributed by atoms with van der Waals surface area (Å²) in [5, 5.41) is 12.4. The number of aromatic nitrogens is 2. The first-order valence-corrected chi connectivity index (χ1v) is 19.7. The fourth-order valence-corrected chi connectivity index (χ4v) is 7.66. The minimum atomic E-state index is -2.59. The Labute approximate surface area is 298 Å². The number of rotatable bonds is 13. The predicted octanol–water partition coefficient (Wildman–Crippen LogP) is 6.20. The van der Waals surface area contributed by atoms with Crippen molar-refractivity contribution in [2.24, 2.45) is 0 Å². The Morgan fingerprint density at radius 3 is 1.94 bits per heavy atom. The lowest BCUT2D eigenvalue weighted by Crippen LogP contribution is -2.56. The lowest BCUT2D eigenvalue weighted by molar-refractivity contribution is -0.506. The zero-order valence-corrected chi connectivity index (χ0v) is 31.4. The van der Waals surface area contributed by atoms with Gasteiger partial charge in [0.1, 0.15) is 23.3 Å². The van der Waals surface area contributed by atoms with Gasteiger partial charge < -0.3 is 23.4 Å². The zero-order valence-electron chi connectivity index (χ0n) is 30.4. The summed E-state index contributed by atoms with van der Waals surface area (Å²) in [6.45, 7) is 11.0. The maximum Gasteiger partial charge on any atom is 0.330 e. The molecule has 1 saturated heterocycles. The molecule has 3 aromatic carbocycles. The van der Waals surface area contributed by atoms with Crippen molar-refractivity contribution in [1.82, 2.24) is 9.55 Å². The molecule has 0 aliphatic carbocycles. The van der Waals surface area contributed by atoms with Crippen molar-refractivity contribution in [3.8, 4) is 11.5 Å². The van der Waals surface area contributed by atoms with Gasteiger partial charge in [0.05, 0.1) is 26.9 Å². The summed E-state index contributed by atoms with van der Waals surface area (Å²) in [6, 6.07) is 24.6. The van der Waals surface area contributed by atoms with Crippen LogP contribution in [0.3, 0.4) is 0 Å². The molecular formula is C38H47N3O9Si. The molecule has 0 radical (unpaired) electrons. The number of hydrogen-bond acceptors (Lipinski definition) is 9. The first-order chi connectivity index (χ1) is 24.0. The Morgan fingerprint density at radius 2 is 1.45 bits per heavy atom. The molecule has 1 aromatic heterocycles. The van der Waals surface area contributed by atoms with Gasteiger partial charge in [-0.05, 0) is 66.0 Å². The van der Waals surface area contributed by atoms with E-state index < -0.39 is 54.6 Å². The summed E-state index contributed by atoms with van der Waals surface area (Å²) in [5.41, 5.74) is -1.64. The largest absolute Gasteiger partial charge is 0.497 e. The second-order valence-corrected chi connectivity index (χ2v) is 19.3. The molecule has 4 aromatic rings. The fourth-order valence-electron chi connectivity index (χ4n) is 6.29. The van der Waals surface area contributed by atoms with E-state index in [0.717, 1.165) is 16.7 Å². The second kappa shape index (κ2) is 14.6. The highest BCUT2D eigenvalue weighted by Crippen LogP contribution is 2.48. The number of nitrogens with one attached hydrogen (secondary N) is 1. The van der Waals surface area contributed by atoms with E-state index >= 15 is 0 Å². The molecule has 1 aliphatic rings. The molecule has 1 N–H and O–H groups in total. The highest BCUT2D eigenvalue weighted by molar-refractivity contribution is 6.74. The molecule has 0 amide bonds. The zero-order chi connectivity index (χ0) is 37.2. The predicted molar refractivity (Wildman–Crippen MR) is 196 cm³/mol. The standard InChI is InChI=1S/C38H47N3O9Si/c1-26-23-40(35(43)39-34(26)42)33-22-32(50-51(7,8)36(2,3)4)37(49-33,24-41(44)45)25-48-38(27-12-10-9-11-13-27,28-14-18-30(46-5)19-15-28)29-16-20-31(47-6)21-17-29/h9-21,23,32-33H,22,24-25H2,1-8H3,(H,39,42,43)/t32?,33-,37-/m1/s1. The van der Waals surface area contributed by atoms with Crippen LogP contribution < -0.4 is 20.7 Å². The number of H-pyrrole nitrogens is 1. The van der Waals surface area contributed by atoms with Crippen LogP contribution in [0.5, 0.6) is 11.5 Å². The molecule has 51 heavy (non-hydrogen) atoms. The molecule has 1 aliphatic heterocycles. The van der Waals surface area contributed by atoms with E-state index in [4.69, 9.17) is 23.4 Å². The van der Waals surface area contributed by atoms with Crippen LogP contribution in [-0.4, -0.2) is 61.9 Å². The van der Waals surface area contributed by atoms with Gasteiger partial charge in [0.25, 0.3) is 5.56 Å². The Balaban J connectivity index is 1.72. The summed E-state index contributed by atoms with van der Waals surface area (Å²) < 4.78 is 33.1. The van der Waals surface area contributed by atoms with Crippen LogP contribution in [0.25, 0.3) is 0 Å². The third-order valence-electron chi connectivity index (χ3n) is 10.2. The molecule has 0 bridgehead atoms. The van der Waals surface area contributed by atoms with Gasteiger partial charge in [-0.2, -0.15) is 0 Å². The number of hydrogen-bond donors (Lipinski definition) is 1. The quantitative estimate of drug-likeness (QED) is 0.0740. The smallest absolute Gasteiger partial charge is 0.330 e. The fraction of sp³-hybridized carbons (Fsp3) is 0.421. The molecule has 1 fully saturated rings. The van der Waals surface area contributed by atoms with Crippen LogP contribution in [0.15, 0.2) is 94.6 Å². The van der Waals surface area contributed by atoms with E-state index in [2.05, 4.69) is 38.8 Å². The van der Waals surface area contributed by atoms with Gasteiger partial charge in [-0.3, -0.25) is 24.5 Å². The van der Waals surface area contributed by atoms with Crippen LogP contribution in [-0.2, 0) is 19.5 Å². The Bertz CT molecular complexity index is 1890. The molecule has 0 saturated carbocycles. The van der Waals surface area contributed by atoms with Gasteiger partial charge in [-0.15, -0.1) is 0 Å². The van der Waals surface area contributed by atoms with E-state index in [1.165, 1.54) is 10.8 Å². The summed E-state index contributed by atoms with van der Waals surface area (Å²) in [6.07, 6.45) is -0.313. The number of benzene rings is 3. The maximum absolute atomic E-state index is 13.2. The van der Waals surface area contributed by atoms with Crippen molar-refractivity contribution in [3.05, 3.63) is 138 Å². The molecule has 3 atom stereocenters.